The van der Waals surface area contributed by atoms with E-state index in [0.29, 0.717) is 11.6 Å². The lowest BCUT2D eigenvalue weighted by Crippen LogP contribution is -2.19. The van der Waals surface area contributed by atoms with Gasteiger partial charge in [0, 0.05) is 23.4 Å². The summed E-state index contributed by atoms with van der Waals surface area (Å²) >= 11 is 1.33. The monoisotopic (exact) mass is 342 g/mol. The second-order valence-electron chi connectivity index (χ2n) is 5.30. The molecule has 0 saturated carbocycles. The molecule has 0 radical (unpaired) electrons. The van der Waals surface area contributed by atoms with Crippen LogP contribution < -0.4 is 5.32 Å². The van der Waals surface area contributed by atoms with Gasteiger partial charge in [-0.3, -0.25) is 4.79 Å². The highest BCUT2D eigenvalue weighted by Gasteiger charge is 2.29. The average molecular weight is 342 g/mol. The molecule has 0 aliphatic heterocycles. The number of hydrogen-bond acceptors (Lipinski definition) is 3. The Bertz CT molecular complexity index is 665. The zero-order chi connectivity index (χ0) is 17.0. The van der Waals surface area contributed by atoms with Crippen molar-refractivity contribution >= 4 is 22.4 Å². The van der Waals surface area contributed by atoms with Crippen molar-refractivity contribution in [3.05, 3.63) is 46.5 Å². The number of alkyl halides is 3. The molecule has 2 aromatic rings. The molecule has 7 heteroatoms. The number of carbonyl (C=O) groups is 1. The van der Waals surface area contributed by atoms with E-state index in [0.717, 1.165) is 29.0 Å². The van der Waals surface area contributed by atoms with Crippen LogP contribution in [0.4, 0.5) is 18.3 Å². The lowest BCUT2D eigenvalue weighted by Gasteiger charge is -2.07. The Kier molecular flexibility index (Phi) is 5.41. The first kappa shape index (κ1) is 17.5. The van der Waals surface area contributed by atoms with Crippen molar-refractivity contribution in [2.75, 3.05) is 5.32 Å². The highest BCUT2D eigenvalue weighted by molar-refractivity contribution is 7.15. The van der Waals surface area contributed by atoms with Crippen LogP contribution in [-0.2, 0) is 17.4 Å². The van der Waals surface area contributed by atoms with Crippen molar-refractivity contribution in [3.8, 4) is 0 Å². The van der Waals surface area contributed by atoms with E-state index in [1.165, 1.54) is 23.5 Å². The predicted molar refractivity (Wildman–Crippen MR) is 84.4 cm³/mol. The summed E-state index contributed by atoms with van der Waals surface area (Å²) < 4.78 is 37.6. The fraction of sp³-hybridized carbons (Fsp3) is 0.375. The van der Waals surface area contributed by atoms with Crippen LogP contribution in [0.2, 0.25) is 0 Å². The maximum absolute atomic E-state index is 12.5. The van der Waals surface area contributed by atoms with Crippen molar-refractivity contribution in [1.29, 1.82) is 0 Å². The molecule has 0 saturated heterocycles. The van der Waals surface area contributed by atoms with Gasteiger partial charge in [-0.05, 0) is 24.1 Å². The molecule has 2 rings (SSSR count). The molecule has 0 fully saturated rings. The van der Waals surface area contributed by atoms with Gasteiger partial charge in [-0.25, -0.2) is 4.98 Å². The van der Waals surface area contributed by atoms with Gasteiger partial charge >= 0.3 is 6.18 Å². The van der Waals surface area contributed by atoms with Gasteiger partial charge in [-0.1, -0.05) is 26.0 Å². The van der Waals surface area contributed by atoms with E-state index in [-0.39, 0.29) is 11.8 Å². The number of thiazole rings is 1. The van der Waals surface area contributed by atoms with Crippen LogP contribution in [0.15, 0.2) is 30.5 Å². The van der Waals surface area contributed by atoms with Gasteiger partial charge < -0.3 is 5.32 Å². The Morgan fingerprint density at radius 3 is 2.52 bits per heavy atom. The van der Waals surface area contributed by atoms with Crippen LogP contribution in [0.3, 0.4) is 0 Å². The van der Waals surface area contributed by atoms with Crippen molar-refractivity contribution in [1.82, 2.24) is 4.98 Å². The van der Waals surface area contributed by atoms with Crippen LogP contribution >= 0.6 is 11.3 Å². The number of carbonyl (C=O) groups excluding carboxylic acids is 1. The molecular weight excluding hydrogens is 325 g/mol. The normalized spacial score (nSPS) is 12.9. The summed E-state index contributed by atoms with van der Waals surface area (Å²) in [5, 5.41) is 3.26. The highest BCUT2D eigenvalue weighted by atomic mass is 32.1. The van der Waals surface area contributed by atoms with Crippen LogP contribution in [0, 0.1) is 5.92 Å². The van der Waals surface area contributed by atoms with Gasteiger partial charge in [0.1, 0.15) is 0 Å². The maximum Gasteiger partial charge on any atom is 0.416 e. The second kappa shape index (κ2) is 7.12. The summed E-state index contributed by atoms with van der Waals surface area (Å²) in [6.45, 7) is 3.77. The number of aromatic nitrogens is 1. The van der Waals surface area contributed by atoms with Crippen LogP contribution in [0.1, 0.15) is 36.3 Å². The van der Waals surface area contributed by atoms with Gasteiger partial charge in [-0.2, -0.15) is 13.2 Å². The van der Waals surface area contributed by atoms with Gasteiger partial charge in [0.2, 0.25) is 5.91 Å². The molecule has 23 heavy (non-hydrogen) atoms. The minimum atomic E-state index is -4.32. The molecule has 0 unspecified atom stereocenters. The van der Waals surface area contributed by atoms with Crippen molar-refractivity contribution in [3.63, 3.8) is 0 Å². The molecule has 124 valence electrons. The largest absolute Gasteiger partial charge is 0.416 e. The molecule has 3 nitrogen and oxygen atoms in total. The first-order valence-corrected chi connectivity index (χ1v) is 8.03. The summed E-state index contributed by atoms with van der Waals surface area (Å²) in [4.78, 5) is 16.8. The fourth-order valence-corrected chi connectivity index (χ4v) is 2.72. The molecule has 0 aliphatic carbocycles. The standard InChI is InChI=1S/C16H17F3N2OS/c1-3-10(2)14(22)21-15-20-9-13(23-15)8-11-4-6-12(7-5-11)16(17,18)19/h4-7,9-10H,3,8H2,1-2H3,(H,20,21,22)/t10-/m1/s1. The van der Waals surface area contributed by atoms with Crippen molar-refractivity contribution < 1.29 is 18.0 Å². The number of benzene rings is 1. The number of anilines is 1. The molecule has 1 aromatic heterocycles. The smallest absolute Gasteiger partial charge is 0.302 e. The van der Waals surface area contributed by atoms with E-state index in [9.17, 15) is 18.0 Å². The average Bonchev–Trinajstić information content (AvgIpc) is 2.93. The molecular formula is C16H17F3N2OS. The Morgan fingerprint density at radius 1 is 1.30 bits per heavy atom. The topological polar surface area (TPSA) is 42.0 Å². The van der Waals surface area contributed by atoms with E-state index in [1.54, 1.807) is 6.20 Å². The summed E-state index contributed by atoms with van der Waals surface area (Å²) in [5.74, 6) is -0.166. The fourth-order valence-electron chi connectivity index (χ4n) is 1.87. The summed E-state index contributed by atoms with van der Waals surface area (Å²) in [6.07, 6.45) is -1.46. The Balaban J connectivity index is 2.00. The van der Waals surface area contributed by atoms with Gasteiger partial charge in [-0.15, -0.1) is 11.3 Å². The van der Waals surface area contributed by atoms with Crippen LogP contribution in [0.5, 0.6) is 0 Å². The first-order valence-electron chi connectivity index (χ1n) is 7.21. The number of amides is 1. The third kappa shape index (κ3) is 4.79. The first-order chi connectivity index (χ1) is 10.8. The van der Waals surface area contributed by atoms with Gasteiger partial charge in [0.05, 0.1) is 5.56 Å². The molecule has 1 N–H and O–H groups in total. The van der Waals surface area contributed by atoms with Gasteiger partial charge in [0.25, 0.3) is 0 Å². The summed E-state index contributed by atoms with van der Waals surface area (Å²) in [7, 11) is 0. The number of halogens is 3. The summed E-state index contributed by atoms with van der Waals surface area (Å²) in [6, 6.07) is 5.06. The quantitative estimate of drug-likeness (QED) is 0.853. The van der Waals surface area contributed by atoms with Crippen LogP contribution in [-0.4, -0.2) is 10.9 Å². The number of rotatable bonds is 5. The third-order valence-corrected chi connectivity index (χ3v) is 4.42. The Hall–Kier alpha value is -1.89. The molecule has 0 spiro atoms. The minimum absolute atomic E-state index is 0.0806. The Morgan fingerprint density at radius 2 is 1.96 bits per heavy atom. The van der Waals surface area contributed by atoms with E-state index in [4.69, 9.17) is 0 Å². The number of hydrogen-bond donors (Lipinski definition) is 1. The summed E-state index contributed by atoms with van der Waals surface area (Å²) in [5.41, 5.74) is 0.105. The third-order valence-electron chi connectivity index (χ3n) is 3.50. The minimum Gasteiger partial charge on any atom is -0.302 e. The zero-order valence-electron chi connectivity index (χ0n) is 12.8. The van der Waals surface area contributed by atoms with E-state index in [2.05, 4.69) is 10.3 Å². The van der Waals surface area contributed by atoms with Crippen LogP contribution in [0.25, 0.3) is 0 Å². The Labute approximate surface area is 136 Å². The lowest BCUT2D eigenvalue weighted by molar-refractivity contribution is -0.137. The van der Waals surface area contributed by atoms with Crippen molar-refractivity contribution in [2.24, 2.45) is 5.92 Å². The lowest BCUT2D eigenvalue weighted by atomic mass is 10.1. The molecule has 1 aromatic carbocycles. The molecule has 1 heterocycles. The van der Waals surface area contributed by atoms with E-state index < -0.39 is 11.7 Å². The maximum atomic E-state index is 12.5. The highest BCUT2D eigenvalue weighted by Crippen LogP contribution is 2.30. The second-order valence-corrected chi connectivity index (χ2v) is 6.42. The molecule has 0 aliphatic rings. The number of nitrogens with zero attached hydrogens (tertiary/aromatic N) is 1. The predicted octanol–water partition coefficient (Wildman–Crippen LogP) is 4.74. The molecule has 0 bridgehead atoms. The van der Waals surface area contributed by atoms with E-state index >= 15 is 0 Å². The zero-order valence-corrected chi connectivity index (χ0v) is 13.6. The SMILES string of the molecule is CC[C@@H](C)C(=O)Nc1ncc(Cc2ccc(C(F)(F)F)cc2)s1. The molecule has 1 atom stereocenters. The van der Waals surface area contributed by atoms with Gasteiger partial charge in [0.15, 0.2) is 5.13 Å². The molecule has 1 amide bonds. The van der Waals surface area contributed by atoms with Crippen molar-refractivity contribution in [2.45, 2.75) is 32.9 Å². The van der Waals surface area contributed by atoms with E-state index in [1.807, 2.05) is 13.8 Å². The number of nitrogens with one attached hydrogen (secondary N) is 1.